The summed E-state index contributed by atoms with van der Waals surface area (Å²) in [5.74, 6) is 0.312. The van der Waals surface area contributed by atoms with Gasteiger partial charge in [-0.25, -0.2) is 0 Å². The Labute approximate surface area is 150 Å². The van der Waals surface area contributed by atoms with Gasteiger partial charge in [0.2, 0.25) is 0 Å². The largest absolute Gasteiger partial charge is 0.508 e. The van der Waals surface area contributed by atoms with E-state index in [1.54, 1.807) is 12.1 Å². The predicted molar refractivity (Wildman–Crippen MR) is 99.8 cm³/mol. The molecule has 1 N–H and O–H groups in total. The lowest BCUT2D eigenvalue weighted by Gasteiger charge is -2.36. The van der Waals surface area contributed by atoms with Gasteiger partial charge in [0.1, 0.15) is 5.75 Å². The molecule has 2 aromatic carbocycles. The summed E-state index contributed by atoms with van der Waals surface area (Å²) in [7, 11) is 0. The molecule has 0 spiro atoms. The van der Waals surface area contributed by atoms with Crippen LogP contribution in [0.1, 0.15) is 27.6 Å². The van der Waals surface area contributed by atoms with Crippen molar-refractivity contribution in [3.8, 4) is 5.75 Å². The highest BCUT2D eigenvalue weighted by Crippen LogP contribution is 2.38. The Hall–Kier alpha value is -1.81. The number of phenols is 1. The first kappa shape index (κ1) is 15.7. The Morgan fingerprint density at radius 1 is 1.04 bits per heavy atom. The standard InChI is InChI=1S/C20H18ClNOS/c21-16-5-3-15(4-6-16)20-18-10-12-24-19(18)9-11-22(20)13-14-1-7-17(23)8-2-14/h1-8,10,12,20,23H,9,11,13H2. The van der Waals surface area contributed by atoms with Crippen molar-refractivity contribution in [2.24, 2.45) is 0 Å². The first-order valence-electron chi connectivity index (χ1n) is 8.04. The van der Waals surface area contributed by atoms with E-state index >= 15 is 0 Å². The molecule has 0 saturated heterocycles. The maximum absolute atomic E-state index is 9.50. The second-order valence-corrected chi connectivity index (χ2v) is 7.58. The Bertz CT molecular complexity index is 826. The van der Waals surface area contributed by atoms with Crippen molar-refractivity contribution in [1.82, 2.24) is 4.90 Å². The predicted octanol–water partition coefficient (Wildman–Crippen LogP) is 5.25. The molecular formula is C20H18ClNOS. The lowest BCUT2D eigenvalue weighted by molar-refractivity contribution is 0.206. The first-order valence-corrected chi connectivity index (χ1v) is 9.30. The quantitative estimate of drug-likeness (QED) is 0.693. The fourth-order valence-electron chi connectivity index (χ4n) is 3.41. The van der Waals surface area contributed by atoms with Crippen molar-refractivity contribution in [1.29, 1.82) is 0 Å². The van der Waals surface area contributed by atoms with Crippen LogP contribution in [0.2, 0.25) is 5.02 Å². The van der Waals surface area contributed by atoms with Gasteiger partial charge in [-0.1, -0.05) is 35.9 Å². The summed E-state index contributed by atoms with van der Waals surface area (Å²) < 4.78 is 0. The van der Waals surface area contributed by atoms with Crippen LogP contribution in [0.4, 0.5) is 0 Å². The number of aromatic hydroxyl groups is 1. The van der Waals surface area contributed by atoms with Crippen LogP contribution >= 0.6 is 22.9 Å². The summed E-state index contributed by atoms with van der Waals surface area (Å²) in [5, 5.41) is 12.5. The van der Waals surface area contributed by atoms with Crippen molar-refractivity contribution in [3.63, 3.8) is 0 Å². The third kappa shape index (κ3) is 3.07. The number of fused-ring (bicyclic) bond motifs is 1. The SMILES string of the molecule is Oc1ccc(CN2CCc3sccc3C2c2ccc(Cl)cc2)cc1. The number of hydrogen-bond donors (Lipinski definition) is 1. The second kappa shape index (κ2) is 6.60. The van der Waals surface area contributed by atoms with E-state index < -0.39 is 0 Å². The Kier molecular flexibility index (Phi) is 4.31. The molecule has 0 amide bonds. The van der Waals surface area contributed by atoms with E-state index in [1.807, 2.05) is 35.6 Å². The van der Waals surface area contributed by atoms with Gasteiger partial charge in [-0.3, -0.25) is 4.90 Å². The minimum Gasteiger partial charge on any atom is -0.508 e. The summed E-state index contributed by atoms with van der Waals surface area (Å²) in [6, 6.07) is 18.2. The van der Waals surface area contributed by atoms with Gasteiger partial charge in [0.25, 0.3) is 0 Å². The molecular weight excluding hydrogens is 338 g/mol. The fraction of sp³-hybridized carbons (Fsp3) is 0.200. The molecule has 1 unspecified atom stereocenters. The Morgan fingerprint density at radius 3 is 2.54 bits per heavy atom. The molecule has 1 aliphatic heterocycles. The molecule has 3 aromatic rings. The second-order valence-electron chi connectivity index (χ2n) is 6.14. The van der Waals surface area contributed by atoms with Gasteiger partial charge < -0.3 is 5.11 Å². The number of halogens is 1. The van der Waals surface area contributed by atoms with Crippen LogP contribution in [-0.2, 0) is 13.0 Å². The Morgan fingerprint density at radius 2 is 1.79 bits per heavy atom. The highest BCUT2D eigenvalue weighted by atomic mass is 35.5. The lowest BCUT2D eigenvalue weighted by atomic mass is 9.93. The monoisotopic (exact) mass is 355 g/mol. The van der Waals surface area contributed by atoms with E-state index in [0.29, 0.717) is 5.75 Å². The topological polar surface area (TPSA) is 23.5 Å². The molecule has 24 heavy (non-hydrogen) atoms. The number of hydrogen-bond acceptors (Lipinski definition) is 3. The van der Waals surface area contributed by atoms with Gasteiger partial charge in [0, 0.05) is 23.0 Å². The van der Waals surface area contributed by atoms with Crippen LogP contribution in [0.15, 0.2) is 60.0 Å². The van der Waals surface area contributed by atoms with E-state index in [-0.39, 0.29) is 6.04 Å². The Balaban J connectivity index is 1.69. The smallest absolute Gasteiger partial charge is 0.115 e. The zero-order valence-corrected chi connectivity index (χ0v) is 14.7. The molecule has 1 atom stereocenters. The minimum absolute atomic E-state index is 0.256. The van der Waals surface area contributed by atoms with Crippen LogP contribution in [-0.4, -0.2) is 16.6 Å². The molecule has 2 nitrogen and oxygen atoms in total. The molecule has 4 rings (SSSR count). The highest BCUT2D eigenvalue weighted by Gasteiger charge is 2.29. The molecule has 4 heteroatoms. The van der Waals surface area contributed by atoms with Gasteiger partial charge >= 0.3 is 0 Å². The summed E-state index contributed by atoms with van der Waals surface area (Å²) in [4.78, 5) is 3.99. The lowest BCUT2D eigenvalue weighted by Crippen LogP contribution is -2.34. The number of rotatable bonds is 3. The maximum Gasteiger partial charge on any atom is 0.115 e. The molecule has 0 bridgehead atoms. The molecule has 122 valence electrons. The van der Waals surface area contributed by atoms with Crippen molar-refractivity contribution in [2.75, 3.05) is 6.54 Å². The summed E-state index contributed by atoms with van der Waals surface area (Å²) in [6.07, 6.45) is 1.09. The third-order valence-corrected chi connectivity index (χ3v) is 5.82. The molecule has 0 aliphatic carbocycles. The molecule has 0 fully saturated rings. The van der Waals surface area contributed by atoms with Crippen molar-refractivity contribution in [3.05, 3.63) is 86.6 Å². The van der Waals surface area contributed by atoms with E-state index in [1.165, 1.54) is 21.6 Å². The fourth-order valence-corrected chi connectivity index (χ4v) is 4.44. The zero-order valence-electron chi connectivity index (χ0n) is 13.2. The van der Waals surface area contributed by atoms with Crippen LogP contribution in [0.3, 0.4) is 0 Å². The third-order valence-electron chi connectivity index (χ3n) is 4.57. The van der Waals surface area contributed by atoms with Crippen LogP contribution in [0.25, 0.3) is 0 Å². The summed E-state index contributed by atoms with van der Waals surface area (Å²) >= 11 is 7.93. The number of phenolic OH excluding ortho intramolecular Hbond substituents is 1. The summed E-state index contributed by atoms with van der Waals surface area (Å²) in [6.45, 7) is 1.89. The number of thiophene rings is 1. The minimum atomic E-state index is 0.256. The zero-order chi connectivity index (χ0) is 16.5. The van der Waals surface area contributed by atoms with Gasteiger partial charge in [0.15, 0.2) is 0 Å². The van der Waals surface area contributed by atoms with Gasteiger partial charge in [0.05, 0.1) is 6.04 Å². The van der Waals surface area contributed by atoms with Gasteiger partial charge in [-0.05, 0) is 58.8 Å². The van der Waals surface area contributed by atoms with Crippen LogP contribution < -0.4 is 0 Å². The van der Waals surface area contributed by atoms with E-state index in [9.17, 15) is 5.11 Å². The summed E-state index contributed by atoms with van der Waals surface area (Å²) in [5.41, 5.74) is 3.90. The average Bonchev–Trinajstić information content (AvgIpc) is 3.06. The van der Waals surface area contributed by atoms with E-state index in [4.69, 9.17) is 11.6 Å². The average molecular weight is 356 g/mol. The van der Waals surface area contributed by atoms with Crippen molar-refractivity contribution < 1.29 is 5.11 Å². The first-order chi connectivity index (χ1) is 11.7. The number of benzene rings is 2. The van der Waals surface area contributed by atoms with E-state index in [0.717, 1.165) is 24.5 Å². The highest BCUT2D eigenvalue weighted by molar-refractivity contribution is 7.10. The molecule has 1 aromatic heterocycles. The van der Waals surface area contributed by atoms with Crippen LogP contribution in [0, 0.1) is 0 Å². The van der Waals surface area contributed by atoms with Gasteiger partial charge in [-0.2, -0.15) is 0 Å². The van der Waals surface area contributed by atoms with Crippen LogP contribution in [0.5, 0.6) is 5.75 Å². The molecule has 2 heterocycles. The molecule has 0 saturated carbocycles. The van der Waals surface area contributed by atoms with Gasteiger partial charge in [-0.15, -0.1) is 11.3 Å². The normalized spacial score (nSPS) is 17.6. The molecule has 1 aliphatic rings. The van der Waals surface area contributed by atoms with Crippen molar-refractivity contribution >= 4 is 22.9 Å². The molecule has 0 radical (unpaired) electrons. The van der Waals surface area contributed by atoms with Crippen molar-refractivity contribution in [2.45, 2.75) is 19.0 Å². The maximum atomic E-state index is 9.50. The van der Waals surface area contributed by atoms with E-state index in [2.05, 4.69) is 28.5 Å². The number of nitrogens with zero attached hydrogens (tertiary/aromatic N) is 1.